The summed E-state index contributed by atoms with van der Waals surface area (Å²) < 4.78 is 5.23. The van der Waals surface area contributed by atoms with E-state index in [0.29, 0.717) is 18.9 Å². The second-order valence-corrected chi connectivity index (χ2v) is 5.44. The molecule has 2 unspecified atom stereocenters. The summed E-state index contributed by atoms with van der Waals surface area (Å²) in [6.07, 6.45) is 6.52. The lowest BCUT2D eigenvalue weighted by Gasteiger charge is -2.23. The Kier molecular flexibility index (Phi) is 8.70. The van der Waals surface area contributed by atoms with Crippen molar-refractivity contribution in [3.63, 3.8) is 0 Å². The van der Waals surface area contributed by atoms with Crippen LogP contribution >= 0.6 is 11.8 Å². The van der Waals surface area contributed by atoms with Crippen LogP contribution in [-0.4, -0.2) is 28.9 Å². The van der Waals surface area contributed by atoms with Crippen molar-refractivity contribution >= 4 is 17.7 Å². The first-order chi connectivity index (χ1) is 8.03. The average Bonchev–Trinajstić information content (AvgIpc) is 2.37. The van der Waals surface area contributed by atoms with Gasteiger partial charge in [0.2, 0.25) is 4.93 Å². The lowest BCUT2D eigenvalue weighted by Crippen LogP contribution is -2.36. The van der Waals surface area contributed by atoms with E-state index in [-0.39, 0.29) is 0 Å². The zero-order valence-corrected chi connectivity index (χ0v) is 12.3. The molecule has 1 N–H and O–H groups in total. The van der Waals surface area contributed by atoms with E-state index in [9.17, 15) is 9.90 Å². The minimum absolute atomic E-state index is 0.374. The maximum atomic E-state index is 11.7. The van der Waals surface area contributed by atoms with E-state index in [2.05, 4.69) is 13.8 Å². The molecule has 0 bridgehead atoms. The van der Waals surface area contributed by atoms with Gasteiger partial charge in [-0.25, -0.2) is 4.79 Å². The van der Waals surface area contributed by atoms with E-state index >= 15 is 0 Å². The highest BCUT2D eigenvalue weighted by Gasteiger charge is 2.35. The van der Waals surface area contributed by atoms with Crippen LogP contribution in [0, 0.1) is 5.92 Å². The minimum atomic E-state index is -1.37. The molecule has 0 saturated heterocycles. The van der Waals surface area contributed by atoms with Crippen molar-refractivity contribution in [2.24, 2.45) is 5.92 Å². The maximum absolute atomic E-state index is 11.7. The topological polar surface area (TPSA) is 46.5 Å². The number of aliphatic hydroxyl groups is 1. The first-order valence-electron chi connectivity index (χ1n) is 6.48. The third-order valence-corrected chi connectivity index (χ3v) is 4.26. The van der Waals surface area contributed by atoms with Gasteiger partial charge < -0.3 is 9.84 Å². The molecule has 0 heterocycles. The molecule has 0 fully saturated rings. The van der Waals surface area contributed by atoms with Crippen LogP contribution in [0.5, 0.6) is 0 Å². The number of thioether (sulfide) groups is 1. The Bertz CT molecular complexity index is 215. The SMILES string of the molecule is CCCCC(CC)COC(=O)C(O)(CC)SC. The first kappa shape index (κ1) is 16.8. The fourth-order valence-electron chi connectivity index (χ4n) is 1.58. The van der Waals surface area contributed by atoms with Gasteiger partial charge in [-0.05, 0) is 25.0 Å². The number of hydrogen-bond donors (Lipinski definition) is 1. The van der Waals surface area contributed by atoms with Gasteiger partial charge in [-0.2, -0.15) is 0 Å². The molecule has 0 amide bonds. The van der Waals surface area contributed by atoms with E-state index < -0.39 is 10.9 Å². The Labute approximate surface area is 109 Å². The van der Waals surface area contributed by atoms with Crippen molar-refractivity contribution in [1.82, 2.24) is 0 Å². The molecular formula is C13H26O3S. The summed E-state index contributed by atoms with van der Waals surface area (Å²) in [7, 11) is 0. The van der Waals surface area contributed by atoms with Crippen LogP contribution in [-0.2, 0) is 9.53 Å². The highest BCUT2D eigenvalue weighted by molar-refractivity contribution is 8.00. The second-order valence-electron chi connectivity index (χ2n) is 4.36. The van der Waals surface area contributed by atoms with E-state index in [1.165, 1.54) is 0 Å². The molecule has 17 heavy (non-hydrogen) atoms. The van der Waals surface area contributed by atoms with E-state index in [1.54, 1.807) is 13.2 Å². The molecule has 0 aromatic heterocycles. The third kappa shape index (κ3) is 5.77. The van der Waals surface area contributed by atoms with Gasteiger partial charge in [-0.3, -0.25) is 0 Å². The number of esters is 1. The van der Waals surface area contributed by atoms with Gasteiger partial charge >= 0.3 is 5.97 Å². The Morgan fingerprint density at radius 3 is 2.47 bits per heavy atom. The van der Waals surface area contributed by atoms with Crippen molar-refractivity contribution in [3.8, 4) is 0 Å². The van der Waals surface area contributed by atoms with Crippen LogP contribution in [0.15, 0.2) is 0 Å². The molecule has 3 nitrogen and oxygen atoms in total. The van der Waals surface area contributed by atoms with Gasteiger partial charge in [0.1, 0.15) is 0 Å². The van der Waals surface area contributed by atoms with Gasteiger partial charge in [0, 0.05) is 0 Å². The van der Waals surface area contributed by atoms with Gasteiger partial charge in [0.05, 0.1) is 6.61 Å². The molecule has 0 aromatic rings. The molecular weight excluding hydrogens is 236 g/mol. The molecule has 0 radical (unpaired) electrons. The summed E-state index contributed by atoms with van der Waals surface area (Å²) >= 11 is 1.14. The molecule has 0 spiro atoms. The van der Waals surface area contributed by atoms with Crippen molar-refractivity contribution in [3.05, 3.63) is 0 Å². The fourth-order valence-corrected chi connectivity index (χ4v) is 2.09. The number of ether oxygens (including phenoxy) is 1. The number of rotatable bonds is 9. The molecule has 0 rings (SSSR count). The smallest absolute Gasteiger partial charge is 0.348 e. The summed E-state index contributed by atoms with van der Waals surface area (Å²) in [6.45, 7) is 6.47. The normalized spacial score (nSPS) is 16.3. The number of hydrogen-bond acceptors (Lipinski definition) is 4. The molecule has 4 heteroatoms. The van der Waals surface area contributed by atoms with Crippen LogP contribution in [0.4, 0.5) is 0 Å². The van der Waals surface area contributed by atoms with Crippen LogP contribution in [0.25, 0.3) is 0 Å². The van der Waals surface area contributed by atoms with Crippen LogP contribution < -0.4 is 0 Å². The lowest BCUT2D eigenvalue weighted by atomic mass is 10.0. The second kappa shape index (κ2) is 8.81. The molecule has 2 atom stereocenters. The monoisotopic (exact) mass is 262 g/mol. The average molecular weight is 262 g/mol. The number of carbonyl (C=O) groups is 1. The molecule has 0 aliphatic heterocycles. The quantitative estimate of drug-likeness (QED) is 0.512. The van der Waals surface area contributed by atoms with Crippen molar-refractivity contribution < 1.29 is 14.6 Å². The molecule has 102 valence electrons. The van der Waals surface area contributed by atoms with Crippen LogP contribution in [0.3, 0.4) is 0 Å². The maximum Gasteiger partial charge on any atom is 0.348 e. The van der Waals surface area contributed by atoms with Crippen molar-refractivity contribution in [2.45, 2.75) is 57.8 Å². The Morgan fingerprint density at radius 1 is 1.41 bits per heavy atom. The fraction of sp³-hybridized carbons (Fsp3) is 0.923. The van der Waals surface area contributed by atoms with E-state index in [1.807, 2.05) is 0 Å². The zero-order valence-electron chi connectivity index (χ0n) is 11.5. The first-order valence-corrected chi connectivity index (χ1v) is 7.71. The third-order valence-electron chi connectivity index (χ3n) is 3.13. The van der Waals surface area contributed by atoms with Crippen LogP contribution in [0.1, 0.15) is 52.9 Å². The number of unbranched alkanes of at least 4 members (excludes halogenated alkanes) is 1. The Morgan fingerprint density at radius 2 is 2.06 bits per heavy atom. The lowest BCUT2D eigenvalue weighted by molar-refractivity contribution is -0.158. The summed E-state index contributed by atoms with van der Waals surface area (Å²) in [6, 6.07) is 0. The molecule has 0 aliphatic rings. The predicted octanol–water partition coefficient (Wildman–Crippen LogP) is 3.21. The number of carbonyl (C=O) groups excluding carboxylic acids is 1. The Balaban J connectivity index is 4.11. The highest BCUT2D eigenvalue weighted by atomic mass is 32.2. The van der Waals surface area contributed by atoms with Gasteiger partial charge in [-0.15, -0.1) is 11.8 Å². The van der Waals surface area contributed by atoms with Gasteiger partial charge in [0.25, 0.3) is 0 Å². The molecule has 0 aliphatic carbocycles. The van der Waals surface area contributed by atoms with E-state index in [4.69, 9.17) is 4.74 Å². The molecule has 0 saturated carbocycles. The van der Waals surface area contributed by atoms with Crippen molar-refractivity contribution in [1.29, 1.82) is 0 Å². The van der Waals surface area contributed by atoms with Gasteiger partial charge in [0.15, 0.2) is 0 Å². The molecule has 0 aromatic carbocycles. The minimum Gasteiger partial charge on any atom is -0.463 e. The summed E-state index contributed by atoms with van der Waals surface area (Å²) in [4.78, 5) is 10.4. The standard InChI is InChI=1S/C13H26O3S/c1-5-8-9-11(6-2)10-16-12(14)13(15,7-3)17-4/h11,15H,5-10H2,1-4H3. The van der Waals surface area contributed by atoms with Crippen molar-refractivity contribution in [2.75, 3.05) is 12.9 Å². The summed E-state index contributed by atoms with van der Waals surface area (Å²) in [5.74, 6) is -0.0793. The largest absolute Gasteiger partial charge is 0.463 e. The van der Waals surface area contributed by atoms with Crippen LogP contribution in [0.2, 0.25) is 0 Å². The Hall–Kier alpha value is -0.220. The summed E-state index contributed by atoms with van der Waals surface area (Å²) in [5.41, 5.74) is 0. The van der Waals surface area contributed by atoms with Gasteiger partial charge in [-0.1, -0.05) is 40.0 Å². The zero-order chi connectivity index (χ0) is 13.3. The summed E-state index contributed by atoms with van der Waals surface area (Å²) in [5, 5.41) is 9.95. The van der Waals surface area contributed by atoms with E-state index in [0.717, 1.165) is 37.4 Å². The highest BCUT2D eigenvalue weighted by Crippen LogP contribution is 2.25. The predicted molar refractivity (Wildman–Crippen MR) is 73.0 cm³/mol.